The molecule has 1 aromatic carbocycles. The third-order valence-corrected chi connectivity index (χ3v) is 1.90. The van der Waals surface area contributed by atoms with Gasteiger partial charge in [-0.2, -0.15) is 0 Å². The Kier molecular flexibility index (Phi) is 7.81. The lowest BCUT2D eigenvalue weighted by Gasteiger charge is -1.90. The fourth-order valence-electron chi connectivity index (χ4n) is 0.613. The predicted molar refractivity (Wildman–Crippen MR) is 58.1 cm³/mol. The molecule has 0 saturated carbocycles. The molecule has 12 heavy (non-hydrogen) atoms. The van der Waals surface area contributed by atoms with E-state index in [1.165, 1.54) is 4.90 Å². The van der Waals surface area contributed by atoms with E-state index in [1.54, 1.807) is 18.8 Å². The molecule has 2 heteroatoms. The number of benzene rings is 1. The first-order chi connectivity index (χ1) is 5.93. The average molecular weight is 181 g/mol. The molecule has 1 aromatic rings. The highest BCUT2D eigenvalue weighted by atomic mass is 32.2. The summed E-state index contributed by atoms with van der Waals surface area (Å²) in [5, 5.41) is 0. The normalized spacial score (nSPS) is 9.25. The number of hydrogen-bond donors (Lipinski definition) is 0. The van der Waals surface area contributed by atoms with Gasteiger partial charge in [0, 0.05) is 11.9 Å². The van der Waals surface area contributed by atoms with Crippen LogP contribution in [0, 0.1) is 0 Å². The number of rotatable bonds is 2. The van der Waals surface area contributed by atoms with Crippen molar-refractivity contribution in [2.45, 2.75) is 18.7 Å². The molecule has 0 aliphatic carbocycles. The molecule has 1 nitrogen and oxygen atoms in total. The highest BCUT2D eigenvalue weighted by Gasteiger charge is 1.84. The minimum absolute atomic E-state index is 1.23. The molecule has 0 aromatic heterocycles. The van der Waals surface area contributed by atoms with E-state index in [-0.39, 0.29) is 0 Å². The van der Waals surface area contributed by atoms with Crippen LogP contribution in [-0.4, -0.2) is 12.6 Å². The SMILES string of the molecule is CC.CN=CSc1ccccc1. The lowest BCUT2D eigenvalue weighted by atomic mass is 10.4. The molecule has 0 heterocycles. The third-order valence-electron chi connectivity index (χ3n) is 1.04. The van der Waals surface area contributed by atoms with E-state index in [0.717, 1.165) is 0 Å². The molecule has 0 fully saturated rings. The van der Waals surface area contributed by atoms with Crippen molar-refractivity contribution in [3.63, 3.8) is 0 Å². The minimum Gasteiger partial charge on any atom is -0.289 e. The Morgan fingerprint density at radius 1 is 1.17 bits per heavy atom. The third kappa shape index (κ3) is 4.97. The molecule has 1 rings (SSSR count). The van der Waals surface area contributed by atoms with Gasteiger partial charge in [0.2, 0.25) is 0 Å². The van der Waals surface area contributed by atoms with E-state index < -0.39 is 0 Å². The quantitative estimate of drug-likeness (QED) is 0.386. The van der Waals surface area contributed by atoms with Gasteiger partial charge in [0.05, 0.1) is 5.55 Å². The van der Waals surface area contributed by atoms with Crippen molar-refractivity contribution < 1.29 is 0 Å². The van der Waals surface area contributed by atoms with E-state index in [9.17, 15) is 0 Å². The van der Waals surface area contributed by atoms with Crippen molar-refractivity contribution in [1.29, 1.82) is 0 Å². The van der Waals surface area contributed by atoms with Gasteiger partial charge in [0.15, 0.2) is 0 Å². The topological polar surface area (TPSA) is 12.4 Å². The Hall–Kier alpha value is -0.760. The maximum atomic E-state index is 3.87. The van der Waals surface area contributed by atoms with Crippen LogP contribution >= 0.6 is 11.8 Å². The fraction of sp³-hybridized carbons (Fsp3) is 0.300. The molecule has 0 radical (unpaired) electrons. The second-order valence-corrected chi connectivity index (χ2v) is 2.71. The summed E-state index contributed by atoms with van der Waals surface area (Å²) in [7, 11) is 1.77. The fourth-order valence-corrected chi connectivity index (χ4v) is 1.15. The predicted octanol–water partition coefficient (Wildman–Crippen LogP) is 3.46. The van der Waals surface area contributed by atoms with Gasteiger partial charge in [0.25, 0.3) is 0 Å². The van der Waals surface area contributed by atoms with Crippen molar-refractivity contribution in [3.05, 3.63) is 30.3 Å². The molecular weight excluding hydrogens is 166 g/mol. The Morgan fingerprint density at radius 2 is 1.75 bits per heavy atom. The first-order valence-corrected chi connectivity index (χ1v) is 4.94. The Morgan fingerprint density at radius 3 is 2.25 bits per heavy atom. The summed E-state index contributed by atoms with van der Waals surface area (Å²) >= 11 is 1.63. The van der Waals surface area contributed by atoms with Crippen LogP contribution in [0.4, 0.5) is 0 Å². The molecule has 0 N–H and O–H groups in total. The molecule has 0 aliphatic rings. The van der Waals surface area contributed by atoms with E-state index in [4.69, 9.17) is 0 Å². The van der Waals surface area contributed by atoms with Crippen LogP contribution < -0.4 is 0 Å². The second kappa shape index (κ2) is 8.34. The molecular formula is C10H15NS. The summed E-state index contributed by atoms with van der Waals surface area (Å²) in [5.41, 5.74) is 1.83. The zero-order valence-corrected chi connectivity index (χ0v) is 8.64. The summed E-state index contributed by atoms with van der Waals surface area (Å²) < 4.78 is 0. The van der Waals surface area contributed by atoms with Gasteiger partial charge in [-0.3, -0.25) is 4.99 Å². The van der Waals surface area contributed by atoms with Crippen LogP contribution in [0.15, 0.2) is 40.2 Å². The zero-order chi connectivity index (χ0) is 9.23. The summed E-state index contributed by atoms with van der Waals surface area (Å²) in [4.78, 5) is 5.10. The van der Waals surface area contributed by atoms with Gasteiger partial charge in [0.1, 0.15) is 0 Å². The van der Waals surface area contributed by atoms with Gasteiger partial charge in [-0.25, -0.2) is 0 Å². The number of aliphatic imine (C=N–C) groups is 1. The zero-order valence-electron chi connectivity index (χ0n) is 7.82. The second-order valence-electron chi connectivity index (χ2n) is 1.79. The Labute approximate surface area is 78.9 Å². The number of thioether (sulfide) groups is 1. The largest absolute Gasteiger partial charge is 0.289 e. The van der Waals surface area contributed by atoms with Crippen molar-refractivity contribution in [3.8, 4) is 0 Å². The Balaban J connectivity index is 0.000000561. The average Bonchev–Trinajstić information content (AvgIpc) is 2.19. The van der Waals surface area contributed by atoms with Crippen molar-refractivity contribution in [2.24, 2.45) is 4.99 Å². The molecule has 0 saturated heterocycles. The standard InChI is InChI=1S/C8H9NS.C2H6/c1-9-7-10-8-5-3-2-4-6-8;1-2/h2-7H,1H3;1-2H3. The first-order valence-electron chi connectivity index (χ1n) is 4.06. The van der Waals surface area contributed by atoms with Crippen LogP contribution in [0.3, 0.4) is 0 Å². The van der Waals surface area contributed by atoms with Gasteiger partial charge >= 0.3 is 0 Å². The van der Waals surface area contributed by atoms with Crippen LogP contribution in [0.1, 0.15) is 13.8 Å². The molecule has 0 atom stereocenters. The minimum atomic E-state index is 1.23. The van der Waals surface area contributed by atoms with Gasteiger partial charge in [-0.1, -0.05) is 43.8 Å². The molecule has 0 unspecified atom stereocenters. The number of nitrogens with zero attached hydrogens (tertiary/aromatic N) is 1. The number of hydrogen-bond acceptors (Lipinski definition) is 2. The molecule has 66 valence electrons. The highest BCUT2D eigenvalue weighted by molar-refractivity contribution is 8.12. The van der Waals surface area contributed by atoms with Gasteiger partial charge in [-0.15, -0.1) is 0 Å². The van der Waals surface area contributed by atoms with Crippen molar-refractivity contribution in [2.75, 3.05) is 7.05 Å². The molecule has 0 aliphatic heterocycles. The first kappa shape index (κ1) is 11.2. The van der Waals surface area contributed by atoms with E-state index in [1.807, 2.05) is 37.6 Å². The maximum absolute atomic E-state index is 3.87. The summed E-state index contributed by atoms with van der Waals surface area (Å²) in [5.74, 6) is 0. The molecule has 0 amide bonds. The van der Waals surface area contributed by atoms with E-state index >= 15 is 0 Å². The summed E-state index contributed by atoms with van der Waals surface area (Å²) in [6.45, 7) is 4.00. The lowest BCUT2D eigenvalue weighted by Crippen LogP contribution is -1.67. The molecule has 0 bridgehead atoms. The highest BCUT2D eigenvalue weighted by Crippen LogP contribution is 2.13. The molecule has 0 spiro atoms. The van der Waals surface area contributed by atoms with Crippen molar-refractivity contribution in [1.82, 2.24) is 0 Å². The maximum Gasteiger partial charge on any atom is 0.0585 e. The van der Waals surface area contributed by atoms with E-state index in [2.05, 4.69) is 17.1 Å². The van der Waals surface area contributed by atoms with Crippen LogP contribution in [-0.2, 0) is 0 Å². The van der Waals surface area contributed by atoms with E-state index in [0.29, 0.717) is 0 Å². The van der Waals surface area contributed by atoms with Gasteiger partial charge in [-0.05, 0) is 12.1 Å². The van der Waals surface area contributed by atoms with Crippen LogP contribution in [0.2, 0.25) is 0 Å². The van der Waals surface area contributed by atoms with Crippen LogP contribution in [0.25, 0.3) is 0 Å². The summed E-state index contributed by atoms with van der Waals surface area (Å²) in [6.07, 6.45) is 0. The van der Waals surface area contributed by atoms with Gasteiger partial charge < -0.3 is 0 Å². The monoisotopic (exact) mass is 181 g/mol. The lowest BCUT2D eigenvalue weighted by molar-refractivity contribution is 1.46. The summed E-state index contributed by atoms with van der Waals surface area (Å²) in [6, 6.07) is 10.2. The Bertz CT molecular complexity index is 206. The van der Waals surface area contributed by atoms with Crippen molar-refractivity contribution >= 4 is 17.3 Å². The van der Waals surface area contributed by atoms with Crippen LogP contribution in [0.5, 0.6) is 0 Å². The smallest absolute Gasteiger partial charge is 0.0585 e.